The molecular weight excluding hydrogens is 544 g/mol. The standard InChI is InChI=1S/C30H34F8O2/c1-2-3-4-17-5-7-18(8-6-17)19-9-11-20(12-10-19)21-13-23(31)27(24(32)14-21)30(37,38)40-22-15-25(33)28(26(34)16-22)39-29(35)36/h13-20,29H,2-12H2,1H3/t17-,18-,19-,20-. The summed E-state index contributed by atoms with van der Waals surface area (Å²) in [4.78, 5) is 0. The molecule has 0 unspecified atom stereocenters. The monoisotopic (exact) mass is 578 g/mol. The normalized spacial score (nSPS) is 23.9. The van der Waals surface area contributed by atoms with Gasteiger partial charge in [0.05, 0.1) is 0 Å². The number of hydrogen-bond donors (Lipinski definition) is 0. The van der Waals surface area contributed by atoms with Crippen LogP contribution in [0.2, 0.25) is 0 Å². The largest absolute Gasteiger partial charge is 0.432 e. The van der Waals surface area contributed by atoms with Gasteiger partial charge in [0.15, 0.2) is 17.4 Å². The lowest BCUT2D eigenvalue weighted by molar-refractivity contribution is -0.189. The Labute approximate surface area is 229 Å². The van der Waals surface area contributed by atoms with Gasteiger partial charge in [-0.05, 0) is 79.9 Å². The number of unbranched alkanes of at least 4 members (excludes halogenated alkanes) is 1. The highest BCUT2D eigenvalue weighted by Crippen LogP contribution is 2.45. The van der Waals surface area contributed by atoms with Gasteiger partial charge in [-0.1, -0.05) is 39.0 Å². The van der Waals surface area contributed by atoms with Gasteiger partial charge >= 0.3 is 12.7 Å². The van der Waals surface area contributed by atoms with Crippen LogP contribution in [0.25, 0.3) is 0 Å². The molecule has 0 N–H and O–H groups in total. The molecule has 0 spiro atoms. The molecule has 0 atom stereocenters. The highest BCUT2D eigenvalue weighted by Gasteiger charge is 2.42. The van der Waals surface area contributed by atoms with Crippen molar-refractivity contribution in [3.63, 3.8) is 0 Å². The molecule has 0 radical (unpaired) electrons. The number of hydrogen-bond acceptors (Lipinski definition) is 2. The molecule has 0 saturated heterocycles. The predicted molar refractivity (Wildman–Crippen MR) is 134 cm³/mol. The van der Waals surface area contributed by atoms with E-state index in [2.05, 4.69) is 16.4 Å². The molecule has 2 aromatic carbocycles. The molecule has 10 heteroatoms. The number of ether oxygens (including phenoxy) is 2. The van der Waals surface area contributed by atoms with Gasteiger partial charge in [-0.2, -0.15) is 17.6 Å². The maximum absolute atomic E-state index is 14.9. The zero-order chi connectivity index (χ0) is 29.0. The molecule has 40 heavy (non-hydrogen) atoms. The molecule has 0 bridgehead atoms. The Bertz CT molecular complexity index is 1090. The number of alkyl halides is 4. The van der Waals surface area contributed by atoms with E-state index in [1.165, 1.54) is 44.9 Å². The lowest BCUT2D eigenvalue weighted by Crippen LogP contribution is -2.27. The minimum atomic E-state index is -4.65. The van der Waals surface area contributed by atoms with Gasteiger partial charge in [0.25, 0.3) is 0 Å². The summed E-state index contributed by atoms with van der Waals surface area (Å²) in [6.45, 7) is -1.36. The third kappa shape index (κ3) is 7.21. The van der Waals surface area contributed by atoms with Crippen LogP contribution in [0, 0.1) is 41.0 Å². The van der Waals surface area contributed by atoms with Crippen LogP contribution < -0.4 is 9.47 Å². The van der Waals surface area contributed by atoms with Crippen molar-refractivity contribution >= 4 is 0 Å². The topological polar surface area (TPSA) is 18.5 Å². The van der Waals surface area contributed by atoms with Crippen LogP contribution in [-0.4, -0.2) is 6.61 Å². The zero-order valence-corrected chi connectivity index (χ0v) is 22.3. The summed E-state index contributed by atoms with van der Waals surface area (Å²) in [6.07, 6.45) is 7.32. The summed E-state index contributed by atoms with van der Waals surface area (Å²) >= 11 is 0. The van der Waals surface area contributed by atoms with Crippen LogP contribution in [-0.2, 0) is 6.11 Å². The van der Waals surface area contributed by atoms with Crippen molar-refractivity contribution in [1.29, 1.82) is 0 Å². The van der Waals surface area contributed by atoms with E-state index in [9.17, 15) is 35.1 Å². The average molecular weight is 579 g/mol. The van der Waals surface area contributed by atoms with Crippen molar-refractivity contribution in [2.45, 2.75) is 96.2 Å². The number of rotatable bonds is 10. The lowest BCUT2D eigenvalue weighted by atomic mass is 9.68. The van der Waals surface area contributed by atoms with E-state index in [-0.39, 0.29) is 23.6 Å². The van der Waals surface area contributed by atoms with Crippen molar-refractivity contribution in [1.82, 2.24) is 0 Å². The second-order valence-corrected chi connectivity index (χ2v) is 11.1. The molecule has 2 aromatic rings. The first kappa shape index (κ1) is 30.4. The predicted octanol–water partition coefficient (Wildman–Crippen LogP) is 10.2. The average Bonchev–Trinajstić information content (AvgIpc) is 2.89. The molecule has 0 amide bonds. The maximum atomic E-state index is 14.9. The molecule has 222 valence electrons. The summed E-state index contributed by atoms with van der Waals surface area (Å²) in [5.41, 5.74) is -1.43. The highest BCUT2D eigenvalue weighted by molar-refractivity contribution is 5.36. The molecule has 0 aliphatic heterocycles. The van der Waals surface area contributed by atoms with Crippen LogP contribution in [0.3, 0.4) is 0 Å². The number of benzene rings is 2. The third-order valence-electron chi connectivity index (χ3n) is 8.55. The molecule has 0 heterocycles. The molecule has 2 aliphatic carbocycles. The van der Waals surface area contributed by atoms with E-state index in [0.717, 1.165) is 30.9 Å². The van der Waals surface area contributed by atoms with Crippen molar-refractivity contribution < 1.29 is 44.6 Å². The Morgan fingerprint density at radius 2 is 1.30 bits per heavy atom. The second-order valence-electron chi connectivity index (χ2n) is 11.1. The molecule has 2 saturated carbocycles. The summed E-state index contributed by atoms with van der Waals surface area (Å²) in [7, 11) is 0. The van der Waals surface area contributed by atoms with E-state index in [0.29, 0.717) is 24.7 Å². The number of halogens is 8. The fourth-order valence-corrected chi connectivity index (χ4v) is 6.47. The quantitative estimate of drug-likeness (QED) is 0.261. The summed E-state index contributed by atoms with van der Waals surface area (Å²) in [5, 5.41) is 0. The third-order valence-corrected chi connectivity index (χ3v) is 8.55. The minimum absolute atomic E-state index is 0.162. The minimum Gasteiger partial charge on any atom is -0.429 e. The van der Waals surface area contributed by atoms with Gasteiger partial charge in [0.2, 0.25) is 0 Å². The molecule has 4 rings (SSSR count). The van der Waals surface area contributed by atoms with Crippen LogP contribution >= 0.6 is 0 Å². The Morgan fingerprint density at radius 1 is 0.775 bits per heavy atom. The molecule has 2 nitrogen and oxygen atoms in total. The Hall–Kier alpha value is -2.52. The highest BCUT2D eigenvalue weighted by atomic mass is 19.3. The molecule has 2 aliphatic rings. The first-order valence-corrected chi connectivity index (χ1v) is 14.0. The van der Waals surface area contributed by atoms with Gasteiger partial charge in [-0.3, -0.25) is 0 Å². The van der Waals surface area contributed by atoms with Gasteiger partial charge in [0.1, 0.15) is 22.9 Å². The molecular formula is C30H34F8O2. The van der Waals surface area contributed by atoms with Crippen LogP contribution in [0.15, 0.2) is 24.3 Å². The zero-order valence-electron chi connectivity index (χ0n) is 22.3. The Morgan fingerprint density at radius 3 is 1.80 bits per heavy atom. The van der Waals surface area contributed by atoms with Gasteiger partial charge in [-0.25, -0.2) is 17.6 Å². The van der Waals surface area contributed by atoms with E-state index >= 15 is 0 Å². The lowest BCUT2D eigenvalue weighted by Gasteiger charge is -2.38. The van der Waals surface area contributed by atoms with E-state index in [1.807, 2.05) is 0 Å². The van der Waals surface area contributed by atoms with E-state index in [4.69, 9.17) is 0 Å². The van der Waals surface area contributed by atoms with Crippen molar-refractivity contribution in [3.8, 4) is 11.5 Å². The van der Waals surface area contributed by atoms with Gasteiger partial charge in [0, 0.05) is 12.1 Å². The first-order chi connectivity index (χ1) is 19.0. The van der Waals surface area contributed by atoms with Gasteiger partial charge < -0.3 is 9.47 Å². The fourth-order valence-electron chi connectivity index (χ4n) is 6.47. The van der Waals surface area contributed by atoms with Crippen molar-refractivity contribution in [2.24, 2.45) is 17.8 Å². The van der Waals surface area contributed by atoms with Crippen molar-refractivity contribution in [3.05, 3.63) is 58.7 Å². The summed E-state index contributed by atoms with van der Waals surface area (Å²) in [6, 6.07) is 2.05. The van der Waals surface area contributed by atoms with Crippen LogP contribution in [0.5, 0.6) is 11.5 Å². The maximum Gasteiger partial charge on any atom is 0.432 e. The summed E-state index contributed by atoms with van der Waals surface area (Å²) in [5.74, 6) is -7.39. The summed E-state index contributed by atoms with van der Waals surface area (Å²) < 4.78 is 120. The Balaban J connectivity index is 1.40. The van der Waals surface area contributed by atoms with Crippen LogP contribution in [0.4, 0.5) is 35.1 Å². The van der Waals surface area contributed by atoms with Crippen LogP contribution in [0.1, 0.15) is 94.6 Å². The second kappa shape index (κ2) is 13.0. The SMILES string of the molecule is CCCC[C@H]1CC[C@H]([C@H]2CC[C@H](c3cc(F)c(C(F)(F)Oc4cc(F)c(OC(F)F)c(F)c4)c(F)c3)CC2)CC1. The smallest absolute Gasteiger partial charge is 0.429 e. The van der Waals surface area contributed by atoms with E-state index < -0.39 is 53.1 Å². The molecule has 2 fully saturated rings. The fraction of sp³-hybridized carbons (Fsp3) is 0.600. The molecule has 0 aromatic heterocycles. The Kier molecular flexibility index (Phi) is 9.88. The van der Waals surface area contributed by atoms with Crippen molar-refractivity contribution in [2.75, 3.05) is 0 Å². The van der Waals surface area contributed by atoms with E-state index in [1.54, 1.807) is 0 Å². The first-order valence-electron chi connectivity index (χ1n) is 14.0. The van der Waals surface area contributed by atoms with Gasteiger partial charge in [-0.15, -0.1) is 0 Å².